The average molecular weight is 495 g/mol. The quantitative estimate of drug-likeness (QED) is 0.562. The third-order valence-electron chi connectivity index (χ3n) is 7.61. The lowest BCUT2D eigenvalue weighted by atomic mass is 9.56. The van der Waals surface area contributed by atoms with Crippen molar-refractivity contribution in [3.63, 3.8) is 0 Å². The second-order valence-corrected chi connectivity index (χ2v) is 9.52. The summed E-state index contributed by atoms with van der Waals surface area (Å²) in [5.41, 5.74) is 9.77. The summed E-state index contributed by atoms with van der Waals surface area (Å²) in [7, 11) is 3.15. The Labute approximate surface area is 218 Å². The minimum absolute atomic E-state index is 0.0472. The van der Waals surface area contributed by atoms with Gasteiger partial charge in [-0.2, -0.15) is 15.8 Å². The van der Waals surface area contributed by atoms with Crippen molar-refractivity contribution in [2.24, 2.45) is 17.1 Å². The first-order valence-corrected chi connectivity index (χ1v) is 12.2. The zero-order valence-corrected chi connectivity index (χ0v) is 21.6. The molecule has 0 heterocycles. The van der Waals surface area contributed by atoms with Crippen LogP contribution in [0.3, 0.4) is 0 Å². The molecule has 0 fully saturated rings. The number of nitriles is 3. The number of methoxy groups -OCH3 is 2. The number of aryl methyl sites for hydroxylation is 2. The van der Waals surface area contributed by atoms with Crippen LogP contribution in [0.5, 0.6) is 17.2 Å². The van der Waals surface area contributed by atoms with E-state index in [1.807, 2.05) is 32.1 Å². The molecular weight excluding hydrogens is 464 g/mol. The summed E-state index contributed by atoms with van der Waals surface area (Å²) in [6.07, 6.45) is 4.59. The highest BCUT2D eigenvalue weighted by atomic mass is 16.5. The lowest BCUT2D eigenvalue weighted by Crippen LogP contribution is -2.43. The number of nitrogens with zero attached hydrogens (tertiary/aromatic N) is 3. The number of fused-ring (bicyclic) bond motifs is 1. The van der Waals surface area contributed by atoms with Gasteiger partial charge in [0, 0.05) is 5.92 Å². The van der Waals surface area contributed by atoms with Gasteiger partial charge in [-0.05, 0) is 79.0 Å². The van der Waals surface area contributed by atoms with Gasteiger partial charge in [0.15, 0.2) is 16.9 Å². The summed E-state index contributed by atoms with van der Waals surface area (Å²) in [6.45, 7) is 4.23. The molecule has 4 rings (SSSR count). The van der Waals surface area contributed by atoms with Crippen molar-refractivity contribution in [2.75, 3.05) is 14.2 Å². The maximum atomic E-state index is 10.4. The fourth-order valence-electron chi connectivity index (χ4n) is 5.73. The van der Waals surface area contributed by atoms with Crippen molar-refractivity contribution >= 4 is 0 Å². The van der Waals surface area contributed by atoms with Gasteiger partial charge in [-0.1, -0.05) is 24.3 Å². The highest BCUT2D eigenvalue weighted by molar-refractivity contribution is 5.60. The minimum atomic E-state index is -1.64. The molecule has 2 aliphatic rings. The summed E-state index contributed by atoms with van der Waals surface area (Å²) in [4.78, 5) is 0. The van der Waals surface area contributed by atoms with Crippen LogP contribution in [-0.4, -0.2) is 14.2 Å². The maximum absolute atomic E-state index is 10.4. The van der Waals surface area contributed by atoms with E-state index in [9.17, 15) is 15.8 Å². The van der Waals surface area contributed by atoms with Crippen LogP contribution in [0.15, 0.2) is 53.3 Å². The summed E-state index contributed by atoms with van der Waals surface area (Å²) >= 11 is 0. The third kappa shape index (κ3) is 4.15. The van der Waals surface area contributed by atoms with Crippen LogP contribution < -0.4 is 19.9 Å². The van der Waals surface area contributed by atoms with E-state index in [0.29, 0.717) is 17.2 Å². The van der Waals surface area contributed by atoms with Gasteiger partial charge in [0.25, 0.3) is 0 Å². The Morgan fingerprint density at radius 1 is 1.03 bits per heavy atom. The molecule has 0 spiro atoms. The van der Waals surface area contributed by atoms with E-state index < -0.39 is 11.3 Å². The average Bonchev–Trinajstić information content (AvgIpc) is 2.92. The summed E-state index contributed by atoms with van der Waals surface area (Å²) < 4.78 is 17.1. The monoisotopic (exact) mass is 494 g/mol. The largest absolute Gasteiger partial charge is 0.493 e. The van der Waals surface area contributed by atoms with Crippen LogP contribution in [0.25, 0.3) is 0 Å². The van der Waals surface area contributed by atoms with E-state index in [1.54, 1.807) is 26.4 Å². The van der Waals surface area contributed by atoms with Crippen LogP contribution >= 0.6 is 0 Å². The predicted octanol–water partition coefficient (Wildman–Crippen LogP) is 5.49. The standard InChI is InChI=1S/C30H30N4O3/c1-18-12-19(2)23(13-20(18)15-37-28-25(35-3)10-7-11-26(28)36-4)27-22-9-6-5-8-21(22)24(14-31)29(34)30(27,16-32)17-33/h7-8,10-13,22,27H,5-6,9,15,34H2,1-4H3/t22-,27-/m0/s1. The molecule has 2 aliphatic carbocycles. The number of hydrogen-bond donors (Lipinski definition) is 1. The number of para-hydroxylation sites is 1. The Hall–Kier alpha value is -4.41. The molecule has 0 radical (unpaired) electrons. The minimum Gasteiger partial charge on any atom is -0.493 e. The van der Waals surface area contributed by atoms with Crippen molar-refractivity contribution < 1.29 is 14.2 Å². The van der Waals surface area contributed by atoms with E-state index >= 15 is 0 Å². The Bertz CT molecular complexity index is 1380. The molecule has 7 heteroatoms. The molecule has 7 nitrogen and oxygen atoms in total. The van der Waals surface area contributed by atoms with Gasteiger partial charge in [0.2, 0.25) is 5.75 Å². The summed E-state index contributed by atoms with van der Waals surface area (Å²) in [5.74, 6) is 0.955. The Morgan fingerprint density at radius 3 is 2.30 bits per heavy atom. The number of nitrogens with two attached hydrogens (primary N) is 1. The molecule has 0 aliphatic heterocycles. The molecule has 0 saturated heterocycles. The molecule has 0 unspecified atom stereocenters. The number of benzene rings is 2. The first-order valence-electron chi connectivity index (χ1n) is 12.2. The van der Waals surface area contributed by atoms with Crippen molar-refractivity contribution in [3.05, 3.63) is 75.5 Å². The van der Waals surface area contributed by atoms with E-state index in [1.165, 1.54) is 0 Å². The second kappa shape index (κ2) is 10.3. The first-order chi connectivity index (χ1) is 17.9. The molecule has 188 valence electrons. The molecule has 2 aromatic rings. The van der Waals surface area contributed by atoms with Gasteiger partial charge in [-0.3, -0.25) is 0 Å². The Morgan fingerprint density at radius 2 is 1.70 bits per heavy atom. The number of allylic oxidation sites excluding steroid dienone is 4. The molecular formula is C30H30N4O3. The van der Waals surface area contributed by atoms with E-state index in [0.717, 1.165) is 47.1 Å². The first kappa shape index (κ1) is 25.7. The lowest BCUT2D eigenvalue weighted by Gasteiger charge is -2.44. The van der Waals surface area contributed by atoms with Gasteiger partial charge < -0.3 is 19.9 Å². The zero-order valence-electron chi connectivity index (χ0n) is 21.6. The molecule has 0 bridgehead atoms. The van der Waals surface area contributed by atoms with Crippen LogP contribution in [0, 0.1) is 59.2 Å². The molecule has 2 atom stereocenters. The summed E-state index contributed by atoms with van der Waals surface area (Å²) in [5, 5.41) is 30.6. The number of ether oxygens (including phenoxy) is 3. The van der Waals surface area contributed by atoms with Crippen molar-refractivity contribution in [1.29, 1.82) is 15.8 Å². The Balaban J connectivity index is 1.84. The molecule has 0 amide bonds. The second-order valence-electron chi connectivity index (χ2n) is 9.52. The van der Waals surface area contributed by atoms with Gasteiger partial charge in [0.1, 0.15) is 12.7 Å². The van der Waals surface area contributed by atoms with Gasteiger partial charge in [0.05, 0.1) is 37.6 Å². The van der Waals surface area contributed by atoms with Gasteiger partial charge in [-0.25, -0.2) is 0 Å². The van der Waals surface area contributed by atoms with Crippen molar-refractivity contribution in [3.8, 4) is 35.5 Å². The van der Waals surface area contributed by atoms with Gasteiger partial charge >= 0.3 is 0 Å². The van der Waals surface area contributed by atoms with E-state index in [-0.39, 0.29) is 23.8 Å². The van der Waals surface area contributed by atoms with E-state index in [2.05, 4.69) is 24.3 Å². The third-order valence-corrected chi connectivity index (χ3v) is 7.61. The molecule has 37 heavy (non-hydrogen) atoms. The van der Waals surface area contributed by atoms with Gasteiger partial charge in [-0.15, -0.1) is 0 Å². The normalized spacial score (nSPS) is 20.0. The van der Waals surface area contributed by atoms with Crippen LogP contribution in [-0.2, 0) is 6.61 Å². The fraction of sp³-hybridized carbons (Fsp3) is 0.367. The topological polar surface area (TPSA) is 125 Å². The smallest absolute Gasteiger partial charge is 0.203 e. The van der Waals surface area contributed by atoms with Crippen molar-refractivity contribution in [1.82, 2.24) is 0 Å². The SMILES string of the molecule is COc1cccc(OC)c1OCc1cc([C@@H]2[C@H]3CCCC=C3C(C#N)=C(N)C2(C#N)C#N)c(C)cc1C. The Kier molecular flexibility index (Phi) is 7.14. The highest BCUT2D eigenvalue weighted by Gasteiger charge is 2.54. The number of rotatable bonds is 6. The summed E-state index contributed by atoms with van der Waals surface area (Å²) in [6, 6.07) is 16.2. The van der Waals surface area contributed by atoms with Crippen LogP contribution in [0.1, 0.15) is 47.4 Å². The molecule has 2 aromatic carbocycles. The molecule has 0 aromatic heterocycles. The highest BCUT2D eigenvalue weighted by Crippen LogP contribution is 2.56. The maximum Gasteiger partial charge on any atom is 0.203 e. The lowest BCUT2D eigenvalue weighted by molar-refractivity contribution is 0.264. The fourth-order valence-corrected chi connectivity index (χ4v) is 5.73. The van der Waals surface area contributed by atoms with E-state index in [4.69, 9.17) is 19.9 Å². The molecule has 2 N–H and O–H groups in total. The number of hydrogen-bond acceptors (Lipinski definition) is 7. The zero-order chi connectivity index (χ0) is 26.7. The van der Waals surface area contributed by atoms with Crippen LogP contribution in [0.2, 0.25) is 0 Å². The molecule has 0 saturated carbocycles. The predicted molar refractivity (Wildman–Crippen MR) is 138 cm³/mol. The van der Waals surface area contributed by atoms with Crippen molar-refractivity contribution in [2.45, 2.75) is 45.6 Å². The van der Waals surface area contributed by atoms with Crippen LogP contribution in [0.4, 0.5) is 0 Å².